The van der Waals surface area contributed by atoms with Gasteiger partial charge in [-0.05, 0) is 30.4 Å². The van der Waals surface area contributed by atoms with Crippen LogP contribution < -0.4 is 10.2 Å². The molecule has 106 valence electrons. The summed E-state index contributed by atoms with van der Waals surface area (Å²) >= 11 is 11.3. The first kappa shape index (κ1) is 16.1. The first-order valence-corrected chi connectivity index (χ1v) is 6.25. The number of ether oxygens (including phenoxy) is 1. The normalized spacial score (nSPS) is 11.9. The van der Waals surface area contributed by atoms with Crippen LogP contribution in [0.2, 0.25) is 10.0 Å². The van der Waals surface area contributed by atoms with Crippen LogP contribution in [0.1, 0.15) is 0 Å². The monoisotopic (exact) mass is 314 g/mol. The fourth-order valence-corrected chi connectivity index (χ4v) is 1.54. The van der Waals surface area contributed by atoms with Crippen LogP contribution in [0.5, 0.6) is 5.75 Å². The van der Waals surface area contributed by atoms with Crippen molar-refractivity contribution in [1.82, 2.24) is 5.43 Å². The van der Waals surface area contributed by atoms with E-state index in [4.69, 9.17) is 33.0 Å². The molecule has 2 N–H and O–H groups in total. The molecule has 1 heterocycles. The summed E-state index contributed by atoms with van der Waals surface area (Å²) in [6.45, 7) is -0.415. The number of hydrogen-bond donors (Lipinski definition) is 2. The van der Waals surface area contributed by atoms with E-state index in [1.807, 2.05) is 18.2 Å². The number of nitrogens with zero attached hydrogens (tertiary/aromatic N) is 1. The fourth-order valence-electron chi connectivity index (χ4n) is 1.07. The van der Waals surface area contributed by atoms with Gasteiger partial charge in [0.25, 0.3) is 0 Å². The first-order valence-electron chi connectivity index (χ1n) is 5.49. The molecule has 0 spiro atoms. The minimum Gasteiger partial charge on any atom is -0.480 e. The van der Waals surface area contributed by atoms with Crippen LogP contribution in [0.3, 0.4) is 0 Å². The maximum absolute atomic E-state index is 10.2. The lowest BCUT2D eigenvalue weighted by atomic mass is 10.3. The molecule has 0 saturated heterocycles. The SMILES string of the molecule is C1=CC=NNC=C1.O=C(O)COc1ccc(Cl)cc1Cl. The Bertz CT molecular complexity index is 528. The minimum absolute atomic E-state index is 0.300. The van der Waals surface area contributed by atoms with E-state index < -0.39 is 12.6 Å². The summed E-state index contributed by atoms with van der Waals surface area (Å²) in [6.07, 6.45) is 9.10. The Hall–Kier alpha value is -1.98. The average Bonchev–Trinajstić information content (AvgIpc) is 2.70. The lowest BCUT2D eigenvalue weighted by Gasteiger charge is -2.04. The molecule has 7 heteroatoms. The van der Waals surface area contributed by atoms with Gasteiger partial charge < -0.3 is 9.84 Å². The fraction of sp³-hybridized carbons (Fsp3) is 0.0769. The molecule has 2 rings (SSSR count). The highest BCUT2D eigenvalue weighted by Crippen LogP contribution is 2.27. The summed E-state index contributed by atoms with van der Waals surface area (Å²) in [6, 6.07) is 4.58. The van der Waals surface area contributed by atoms with Crippen LogP contribution in [0.15, 0.2) is 47.7 Å². The summed E-state index contributed by atoms with van der Waals surface area (Å²) in [5.74, 6) is -0.737. The van der Waals surface area contributed by atoms with Gasteiger partial charge in [-0.2, -0.15) is 5.10 Å². The standard InChI is InChI=1S/C8H6Cl2O3.C5H6N2/c9-5-1-2-7(6(10)3-5)13-4-8(11)12;1-2-4-6-7-5-3-1/h1-3H,4H2,(H,11,12);1-6H. The van der Waals surface area contributed by atoms with Gasteiger partial charge in [-0.3, -0.25) is 5.43 Å². The van der Waals surface area contributed by atoms with Crippen molar-refractivity contribution in [2.75, 3.05) is 6.61 Å². The number of rotatable bonds is 3. The largest absolute Gasteiger partial charge is 0.480 e. The maximum Gasteiger partial charge on any atom is 0.341 e. The molecular formula is C13H12Cl2N2O3. The predicted molar refractivity (Wildman–Crippen MR) is 79.5 cm³/mol. The molecule has 20 heavy (non-hydrogen) atoms. The van der Waals surface area contributed by atoms with Crippen molar-refractivity contribution < 1.29 is 14.6 Å². The summed E-state index contributed by atoms with van der Waals surface area (Å²) in [4.78, 5) is 10.2. The van der Waals surface area contributed by atoms with Crippen molar-refractivity contribution >= 4 is 35.4 Å². The van der Waals surface area contributed by atoms with E-state index in [0.29, 0.717) is 15.8 Å². The number of aliphatic carboxylic acids is 1. The molecule has 0 saturated carbocycles. The van der Waals surface area contributed by atoms with Crippen molar-refractivity contribution in [3.63, 3.8) is 0 Å². The van der Waals surface area contributed by atoms with Gasteiger partial charge in [-0.15, -0.1) is 0 Å². The molecule has 0 aromatic heterocycles. The molecule has 1 aromatic rings. The van der Waals surface area contributed by atoms with Crippen molar-refractivity contribution in [3.8, 4) is 5.75 Å². The molecule has 1 aliphatic rings. The third-order valence-electron chi connectivity index (χ3n) is 1.87. The molecule has 1 aromatic carbocycles. The number of allylic oxidation sites excluding steroid dienone is 3. The Morgan fingerprint density at radius 1 is 1.30 bits per heavy atom. The van der Waals surface area contributed by atoms with E-state index >= 15 is 0 Å². The number of benzene rings is 1. The third-order valence-corrected chi connectivity index (χ3v) is 2.40. The summed E-state index contributed by atoms with van der Waals surface area (Å²) in [5, 5.41) is 12.8. The zero-order valence-corrected chi connectivity index (χ0v) is 11.8. The van der Waals surface area contributed by atoms with E-state index in [0.717, 1.165) is 0 Å². The average molecular weight is 315 g/mol. The highest BCUT2D eigenvalue weighted by Gasteiger charge is 2.04. The molecule has 0 fully saturated rings. The second-order valence-corrected chi connectivity index (χ2v) is 4.25. The zero-order valence-electron chi connectivity index (χ0n) is 10.3. The highest BCUT2D eigenvalue weighted by atomic mass is 35.5. The maximum atomic E-state index is 10.2. The summed E-state index contributed by atoms with van der Waals surface area (Å²) in [7, 11) is 0. The van der Waals surface area contributed by atoms with Crippen molar-refractivity contribution in [3.05, 3.63) is 52.7 Å². The Morgan fingerprint density at radius 3 is 2.80 bits per heavy atom. The lowest BCUT2D eigenvalue weighted by molar-refractivity contribution is -0.139. The van der Waals surface area contributed by atoms with Crippen molar-refractivity contribution in [2.24, 2.45) is 5.10 Å². The van der Waals surface area contributed by atoms with E-state index in [9.17, 15) is 4.79 Å². The second-order valence-electron chi connectivity index (χ2n) is 3.41. The number of nitrogens with one attached hydrogen (secondary N) is 1. The van der Waals surface area contributed by atoms with Crippen LogP contribution in [0, 0.1) is 0 Å². The van der Waals surface area contributed by atoms with Gasteiger partial charge in [0.2, 0.25) is 0 Å². The molecule has 0 unspecified atom stereocenters. The van der Waals surface area contributed by atoms with E-state index in [1.54, 1.807) is 18.5 Å². The molecule has 0 bridgehead atoms. The number of carboxylic acid groups (broad SMARTS) is 1. The zero-order chi connectivity index (χ0) is 14.8. The van der Waals surface area contributed by atoms with E-state index in [1.165, 1.54) is 12.1 Å². The van der Waals surface area contributed by atoms with Crippen LogP contribution in [-0.2, 0) is 4.79 Å². The molecule has 0 aliphatic carbocycles. The van der Waals surface area contributed by atoms with Crippen LogP contribution in [0.25, 0.3) is 0 Å². The molecule has 0 atom stereocenters. The second kappa shape index (κ2) is 9.01. The smallest absolute Gasteiger partial charge is 0.341 e. The van der Waals surface area contributed by atoms with Crippen molar-refractivity contribution in [2.45, 2.75) is 0 Å². The van der Waals surface area contributed by atoms with Gasteiger partial charge >= 0.3 is 5.97 Å². The number of carbonyl (C=O) groups is 1. The van der Waals surface area contributed by atoms with Gasteiger partial charge in [-0.25, -0.2) is 4.79 Å². The van der Waals surface area contributed by atoms with Gasteiger partial charge in [0.05, 0.1) is 5.02 Å². The lowest BCUT2D eigenvalue weighted by Crippen LogP contribution is -2.09. The Kier molecular flexibility index (Phi) is 7.24. The van der Waals surface area contributed by atoms with Crippen LogP contribution >= 0.6 is 23.2 Å². The van der Waals surface area contributed by atoms with Gasteiger partial charge in [0, 0.05) is 17.4 Å². The third kappa shape index (κ3) is 6.82. The Balaban J connectivity index is 0.000000240. The number of hydrogen-bond acceptors (Lipinski definition) is 4. The predicted octanol–water partition coefficient (Wildman–Crippen LogP) is 3.10. The quantitative estimate of drug-likeness (QED) is 0.899. The van der Waals surface area contributed by atoms with Gasteiger partial charge in [0.15, 0.2) is 6.61 Å². The summed E-state index contributed by atoms with van der Waals surface area (Å²) in [5.41, 5.74) is 2.67. The molecule has 1 aliphatic heterocycles. The number of halogens is 2. The first-order chi connectivity index (χ1) is 9.59. The van der Waals surface area contributed by atoms with Crippen molar-refractivity contribution in [1.29, 1.82) is 0 Å². The molecule has 5 nitrogen and oxygen atoms in total. The molecular weight excluding hydrogens is 303 g/mol. The topological polar surface area (TPSA) is 70.9 Å². The van der Waals surface area contributed by atoms with E-state index in [2.05, 4.69) is 10.5 Å². The summed E-state index contributed by atoms with van der Waals surface area (Å²) < 4.78 is 4.86. The van der Waals surface area contributed by atoms with E-state index in [-0.39, 0.29) is 0 Å². The van der Waals surface area contributed by atoms with Crippen LogP contribution in [0.4, 0.5) is 0 Å². The van der Waals surface area contributed by atoms with Crippen LogP contribution in [-0.4, -0.2) is 23.9 Å². The number of hydrazone groups is 1. The Labute approximate surface area is 126 Å². The minimum atomic E-state index is -1.05. The Morgan fingerprint density at radius 2 is 2.10 bits per heavy atom. The van der Waals surface area contributed by atoms with Gasteiger partial charge in [-0.1, -0.05) is 29.3 Å². The van der Waals surface area contributed by atoms with Gasteiger partial charge in [0.1, 0.15) is 5.75 Å². The molecule has 0 radical (unpaired) electrons. The molecule has 0 amide bonds. The highest BCUT2D eigenvalue weighted by molar-refractivity contribution is 6.35. The number of carboxylic acids is 1.